The molecule has 0 radical (unpaired) electrons. The van der Waals surface area contributed by atoms with Crippen molar-refractivity contribution in [1.29, 1.82) is 0 Å². The summed E-state index contributed by atoms with van der Waals surface area (Å²) >= 11 is 0. The molecule has 0 unspecified atom stereocenters. The molecule has 2 heterocycles. The van der Waals surface area contributed by atoms with Crippen molar-refractivity contribution in [3.05, 3.63) is 97.0 Å². The quantitative estimate of drug-likeness (QED) is 0.357. The number of hydrogen-bond acceptors (Lipinski definition) is 5. The Morgan fingerprint density at radius 1 is 0.848 bits per heavy atom. The van der Waals surface area contributed by atoms with Crippen molar-refractivity contribution in [2.75, 3.05) is 12.3 Å². The molecule has 33 heavy (non-hydrogen) atoms. The Morgan fingerprint density at radius 3 is 2.45 bits per heavy atom. The SMILES string of the molecule is CCOc1ccc(-n2cc(-c3cccc(OCc4ccccc4)c3)c3c(N)ncnc32)cc1. The lowest BCUT2D eigenvalue weighted by atomic mass is 10.1. The zero-order chi connectivity index (χ0) is 22.6. The standard InChI is InChI=1S/C27H24N4O2/c1-2-32-22-13-11-21(12-14-22)31-16-24(25-26(28)29-18-30-27(25)31)20-9-6-10-23(15-20)33-17-19-7-4-3-5-8-19/h3-16,18H,2,17H2,1H3,(H2,28,29,30). The maximum atomic E-state index is 6.31. The van der Waals surface area contributed by atoms with Crippen molar-refractivity contribution in [3.8, 4) is 28.3 Å². The molecular formula is C27H24N4O2. The van der Waals surface area contributed by atoms with Gasteiger partial charge in [-0.2, -0.15) is 0 Å². The third-order valence-corrected chi connectivity index (χ3v) is 5.43. The van der Waals surface area contributed by atoms with Crippen LogP contribution in [0, 0.1) is 0 Å². The number of nitrogens with two attached hydrogens (primary N) is 1. The molecule has 5 aromatic rings. The van der Waals surface area contributed by atoms with E-state index in [1.54, 1.807) is 0 Å². The van der Waals surface area contributed by atoms with E-state index in [-0.39, 0.29) is 0 Å². The van der Waals surface area contributed by atoms with E-state index in [2.05, 4.69) is 9.97 Å². The molecule has 6 heteroatoms. The van der Waals surface area contributed by atoms with E-state index in [1.807, 2.05) is 96.6 Å². The monoisotopic (exact) mass is 436 g/mol. The average Bonchev–Trinajstić information content (AvgIpc) is 3.25. The fourth-order valence-corrected chi connectivity index (χ4v) is 3.86. The van der Waals surface area contributed by atoms with Crippen LogP contribution in [0.2, 0.25) is 0 Å². The molecule has 0 saturated carbocycles. The van der Waals surface area contributed by atoms with E-state index in [4.69, 9.17) is 15.2 Å². The molecule has 164 valence electrons. The third kappa shape index (κ3) is 4.23. The Bertz CT molecular complexity index is 1380. The number of benzene rings is 3. The first kappa shape index (κ1) is 20.6. The number of nitrogens with zero attached hydrogens (tertiary/aromatic N) is 3. The number of ether oxygens (including phenoxy) is 2. The van der Waals surface area contributed by atoms with Crippen LogP contribution in [-0.2, 0) is 6.61 Å². The highest BCUT2D eigenvalue weighted by Gasteiger charge is 2.16. The van der Waals surface area contributed by atoms with Crippen molar-refractivity contribution in [2.45, 2.75) is 13.5 Å². The van der Waals surface area contributed by atoms with Crippen LogP contribution in [0.1, 0.15) is 12.5 Å². The number of rotatable bonds is 7. The van der Waals surface area contributed by atoms with Gasteiger partial charge in [-0.05, 0) is 54.4 Å². The van der Waals surface area contributed by atoms with Crippen LogP contribution in [0.3, 0.4) is 0 Å². The Labute approximate surface area is 192 Å². The second-order valence-electron chi connectivity index (χ2n) is 7.60. The maximum absolute atomic E-state index is 6.31. The number of nitrogen functional groups attached to an aromatic ring is 1. The van der Waals surface area contributed by atoms with Crippen molar-refractivity contribution >= 4 is 16.9 Å². The lowest BCUT2D eigenvalue weighted by molar-refractivity contribution is 0.306. The largest absolute Gasteiger partial charge is 0.494 e. The van der Waals surface area contributed by atoms with Gasteiger partial charge in [-0.25, -0.2) is 9.97 Å². The second kappa shape index (κ2) is 9.04. The predicted octanol–water partition coefficient (Wildman–Crippen LogP) is 5.65. The highest BCUT2D eigenvalue weighted by Crippen LogP contribution is 2.35. The van der Waals surface area contributed by atoms with Gasteiger partial charge in [-0.15, -0.1) is 0 Å². The Balaban J connectivity index is 1.53. The molecule has 2 N–H and O–H groups in total. The number of fused-ring (bicyclic) bond motifs is 1. The molecule has 0 aliphatic rings. The summed E-state index contributed by atoms with van der Waals surface area (Å²) in [6.07, 6.45) is 3.54. The minimum absolute atomic E-state index is 0.440. The van der Waals surface area contributed by atoms with Crippen LogP contribution in [-0.4, -0.2) is 21.1 Å². The van der Waals surface area contributed by atoms with E-state index >= 15 is 0 Å². The van der Waals surface area contributed by atoms with Gasteiger partial charge in [0.2, 0.25) is 0 Å². The van der Waals surface area contributed by atoms with Crippen molar-refractivity contribution in [2.24, 2.45) is 0 Å². The van der Waals surface area contributed by atoms with E-state index < -0.39 is 0 Å². The summed E-state index contributed by atoms with van der Waals surface area (Å²) in [7, 11) is 0. The summed E-state index contributed by atoms with van der Waals surface area (Å²) in [5, 5.41) is 0.812. The van der Waals surface area contributed by atoms with Gasteiger partial charge in [-0.1, -0.05) is 42.5 Å². The fourth-order valence-electron chi connectivity index (χ4n) is 3.86. The van der Waals surface area contributed by atoms with Gasteiger partial charge in [-0.3, -0.25) is 0 Å². The molecule has 0 amide bonds. The highest BCUT2D eigenvalue weighted by molar-refractivity contribution is 6.01. The topological polar surface area (TPSA) is 75.2 Å². The summed E-state index contributed by atoms with van der Waals surface area (Å²) in [6.45, 7) is 3.10. The Morgan fingerprint density at radius 2 is 1.67 bits per heavy atom. The van der Waals surface area contributed by atoms with Crippen LogP contribution in [0.4, 0.5) is 5.82 Å². The van der Waals surface area contributed by atoms with Crippen molar-refractivity contribution in [3.63, 3.8) is 0 Å². The van der Waals surface area contributed by atoms with Crippen LogP contribution in [0.5, 0.6) is 11.5 Å². The van der Waals surface area contributed by atoms with E-state index in [9.17, 15) is 0 Å². The minimum atomic E-state index is 0.440. The van der Waals surface area contributed by atoms with Gasteiger partial charge in [0.1, 0.15) is 30.3 Å². The highest BCUT2D eigenvalue weighted by atomic mass is 16.5. The molecule has 0 bridgehead atoms. The summed E-state index contributed by atoms with van der Waals surface area (Å²) in [4.78, 5) is 8.77. The van der Waals surface area contributed by atoms with Crippen LogP contribution < -0.4 is 15.2 Å². The molecule has 0 spiro atoms. The predicted molar refractivity (Wildman–Crippen MR) is 131 cm³/mol. The lowest BCUT2D eigenvalue weighted by Gasteiger charge is -2.08. The molecule has 0 aliphatic heterocycles. The molecule has 2 aromatic heterocycles. The molecule has 3 aromatic carbocycles. The molecule has 0 aliphatic carbocycles. The molecule has 0 fully saturated rings. The second-order valence-corrected chi connectivity index (χ2v) is 7.60. The molecule has 6 nitrogen and oxygen atoms in total. The van der Waals surface area contributed by atoms with E-state index in [0.717, 1.165) is 44.9 Å². The van der Waals surface area contributed by atoms with Gasteiger partial charge in [0, 0.05) is 17.4 Å². The molecule has 0 atom stereocenters. The van der Waals surface area contributed by atoms with E-state index in [1.165, 1.54) is 6.33 Å². The van der Waals surface area contributed by atoms with Gasteiger partial charge in [0.25, 0.3) is 0 Å². The van der Waals surface area contributed by atoms with Crippen LogP contribution >= 0.6 is 0 Å². The third-order valence-electron chi connectivity index (χ3n) is 5.43. The molecular weight excluding hydrogens is 412 g/mol. The number of anilines is 1. The van der Waals surface area contributed by atoms with Gasteiger partial charge < -0.3 is 19.8 Å². The van der Waals surface area contributed by atoms with Gasteiger partial charge >= 0.3 is 0 Å². The summed E-state index contributed by atoms with van der Waals surface area (Å²) in [5.74, 6) is 2.05. The first-order chi connectivity index (χ1) is 16.2. The molecule has 0 saturated heterocycles. The Kier molecular flexibility index (Phi) is 5.64. The number of hydrogen-bond donors (Lipinski definition) is 1. The van der Waals surface area contributed by atoms with Gasteiger partial charge in [0.05, 0.1) is 12.0 Å². The summed E-state index contributed by atoms with van der Waals surface area (Å²) in [5.41, 5.74) is 11.1. The molecule has 5 rings (SSSR count). The number of aromatic nitrogens is 3. The van der Waals surface area contributed by atoms with Gasteiger partial charge in [0.15, 0.2) is 5.65 Å². The first-order valence-electron chi connectivity index (χ1n) is 10.8. The smallest absolute Gasteiger partial charge is 0.150 e. The zero-order valence-corrected chi connectivity index (χ0v) is 18.3. The fraction of sp³-hybridized carbons (Fsp3) is 0.111. The van der Waals surface area contributed by atoms with Crippen molar-refractivity contribution < 1.29 is 9.47 Å². The minimum Gasteiger partial charge on any atom is -0.494 e. The van der Waals surface area contributed by atoms with Crippen molar-refractivity contribution in [1.82, 2.24) is 14.5 Å². The Hall–Kier alpha value is -4.32. The first-order valence-corrected chi connectivity index (χ1v) is 10.8. The van der Waals surface area contributed by atoms with Crippen LogP contribution in [0.15, 0.2) is 91.4 Å². The summed E-state index contributed by atoms with van der Waals surface area (Å²) < 4.78 is 13.6. The van der Waals surface area contributed by atoms with E-state index in [0.29, 0.717) is 19.0 Å². The maximum Gasteiger partial charge on any atom is 0.150 e. The zero-order valence-electron chi connectivity index (χ0n) is 18.3. The normalized spacial score (nSPS) is 10.9. The average molecular weight is 437 g/mol. The lowest BCUT2D eigenvalue weighted by Crippen LogP contribution is -1.97. The summed E-state index contributed by atoms with van der Waals surface area (Å²) in [6, 6.07) is 26.0. The van der Waals surface area contributed by atoms with Crippen LogP contribution in [0.25, 0.3) is 27.8 Å².